The van der Waals surface area contributed by atoms with E-state index in [1.165, 1.54) is 10.8 Å². The van der Waals surface area contributed by atoms with Crippen LogP contribution in [0.25, 0.3) is 82.1 Å². The molecule has 48 heavy (non-hydrogen) atoms. The van der Waals surface area contributed by atoms with Crippen LogP contribution in [-0.4, -0.2) is 9.13 Å². The van der Waals surface area contributed by atoms with E-state index in [0.717, 1.165) is 66.5 Å². The molecule has 0 radical (unpaired) electrons. The minimum atomic E-state index is 0.612. The molecule has 0 fully saturated rings. The van der Waals surface area contributed by atoms with E-state index in [4.69, 9.17) is 6.57 Å². The average Bonchev–Trinajstić information content (AvgIpc) is 3.67. The Kier molecular flexibility index (Phi) is 6.22. The van der Waals surface area contributed by atoms with Gasteiger partial charge in [0.2, 0.25) is 0 Å². The molecule has 0 aliphatic carbocycles. The van der Waals surface area contributed by atoms with E-state index in [-0.39, 0.29) is 0 Å². The minimum Gasteiger partial charge on any atom is -0.311 e. The van der Waals surface area contributed by atoms with Gasteiger partial charge in [0, 0.05) is 38.3 Å². The predicted molar refractivity (Wildman–Crippen MR) is 197 cm³/mol. The second-order valence-corrected chi connectivity index (χ2v) is 12.0. The molecule has 0 saturated carbocycles. The largest absolute Gasteiger partial charge is 0.311 e. The first-order valence-corrected chi connectivity index (χ1v) is 15.9. The van der Waals surface area contributed by atoms with Crippen LogP contribution in [0.4, 0.5) is 5.69 Å². The zero-order valence-electron chi connectivity index (χ0n) is 25.8. The van der Waals surface area contributed by atoms with E-state index in [1.54, 1.807) is 0 Å². The van der Waals surface area contributed by atoms with Gasteiger partial charge in [0.25, 0.3) is 0 Å². The fourth-order valence-corrected chi connectivity index (χ4v) is 7.26. The molecule has 0 unspecified atom stereocenters. The summed E-state index contributed by atoms with van der Waals surface area (Å²) in [7, 11) is 0. The number of hydrogen-bond donors (Lipinski definition) is 0. The maximum atomic E-state index is 9.95. The van der Waals surface area contributed by atoms with Crippen LogP contribution < -0.4 is 0 Å². The number of nitrogens with zero attached hydrogens (tertiary/aromatic N) is 4. The van der Waals surface area contributed by atoms with Crippen molar-refractivity contribution in [2.45, 2.75) is 0 Å². The third-order valence-electron chi connectivity index (χ3n) is 9.39. The summed E-state index contributed by atoms with van der Waals surface area (Å²) in [5.41, 5.74) is 11.9. The van der Waals surface area contributed by atoms with E-state index in [1.807, 2.05) is 30.3 Å². The van der Waals surface area contributed by atoms with Crippen molar-refractivity contribution in [1.82, 2.24) is 9.13 Å². The second-order valence-electron chi connectivity index (χ2n) is 12.0. The maximum Gasteiger partial charge on any atom is 0.189 e. The zero-order valence-corrected chi connectivity index (χ0v) is 25.8. The van der Waals surface area contributed by atoms with Gasteiger partial charge >= 0.3 is 0 Å². The number of nitriles is 1. The molecule has 0 N–H and O–H groups in total. The topological polar surface area (TPSA) is 38.0 Å². The first kappa shape index (κ1) is 27.4. The summed E-state index contributed by atoms with van der Waals surface area (Å²) in [4.78, 5) is 3.70. The normalized spacial score (nSPS) is 11.3. The third-order valence-corrected chi connectivity index (χ3v) is 9.39. The Hall–Kier alpha value is -6.88. The number of fused-ring (bicyclic) bond motifs is 6. The van der Waals surface area contributed by atoms with Crippen LogP contribution in [0.1, 0.15) is 5.56 Å². The highest BCUT2D eigenvalue weighted by Crippen LogP contribution is 2.41. The van der Waals surface area contributed by atoms with Crippen molar-refractivity contribution >= 4 is 49.3 Å². The van der Waals surface area contributed by atoms with Crippen molar-refractivity contribution in [2.24, 2.45) is 0 Å². The fraction of sp³-hybridized carbons (Fsp3) is 0. The van der Waals surface area contributed by atoms with Crippen LogP contribution in [-0.2, 0) is 0 Å². The Morgan fingerprint density at radius 3 is 1.71 bits per heavy atom. The van der Waals surface area contributed by atoms with Gasteiger partial charge in [-0.2, -0.15) is 5.26 Å². The van der Waals surface area contributed by atoms with E-state index < -0.39 is 0 Å². The molecule has 0 bridgehead atoms. The van der Waals surface area contributed by atoms with E-state index >= 15 is 0 Å². The Morgan fingerprint density at radius 1 is 0.479 bits per heavy atom. The Labute approximate surface area is 277 Å². The maximum absolute atomic E-state index is 9.95. The Morgan fingerprint density at radius 2 is 1.06 bits per heavy atom. The molecule has 0 aliphatic heterocycles. The number of rotatable bonds is 4. The highest BCUT2D eigenvalue weighted by molar-refractivity contribution is 6.11. The van der Waals surface area contributed by atoms with Crippen LogP contribution in [0.3, 0.4) is 0 Å². The summed E-state index contributed by atoms with van der Waals surface area (Å²) in [6, 6.07) is 56.8. The highest BCUT2D eigenvalue weighted by Gasteiger charge is 2.18. The molecule has 0 amide bonds. The number of aromatic nitrogens is 2. The zero-order chi connectivity index (χ0) is 32.2. The van der Waals surface area contributed by atoms with Crippen LogP contribution >= 0.6 is 0 Å². The third kappa shape index (κ3) is 4.14. The molecule has 4 nitrogen and oxygen atoms in total. The minimum absolute atomic E-state index is 0.612. The van der Waals surface area contributed by atoms with Gasteiger partial charge in [-0.3, -0.25) is 0 Å². The smallest absolute Gasteiger partial charge is 0.189 e. The van der Waals surface area contributed by atoms with E-state index in [9.17, 15) is 5.26 Å². The second kappa shape index (κ2) is 10.9. The first-order valence-electron chi connectivity index (χ1n) is 15.9. The van der Waals surface area contributed by atoms with Gasteiger partial charge in [-0.15, -0.1) is 0 Å². The molecule has 9 aromatic rings. The van der Waals surface area contributed by atoms with E-state index in [0.29, 0.717) is 11.3 Å². The lowest BCUT2D eigenvalue weighted by atomic mass is 9.92. The highest BCUT2D eigenvalue weighted by atomic mass is 15.0. The van der Waals surface area contributed by atoms with Gasteiger partial charge < -0.3 is 9.13 Å². The molecule has 0 spiro atoms. The van der Waals surface area contributed by atoms with Crippen molar-refractivity contribution < 1.29 is 0 Å². The summed E-state index contributed by atoms with van der Waals surface area (Å²) in [6.45, 7) is 7.61. The molecule has 9 rings (SSSR count). The lowest BCUT2D eigenvalue weighted by Crippen LogP contribution is -1.98. The summed E-state index contributed by atoms with van der Waals surface area (Å²) in [5.74, 6) is 0. The van der Waals surface area contributed by atoms with E-state index in [2.05, 4.69) is 147 Å². The standard InChI is InChI=1S/C44H26N4/c1-46-31-21-25-38-37-13-3-6-14-40(37)47(44(38)27-31)32-22-19-30(20-23-32)39-26-29(28-45)18-24-33(39)34-10-2-7-15-41(34)48-42-16-8-4-11-35(42)36-12-5-9-17-43(36)48/h2-27H. The monoisotopic (exact) mass is 610 g/mol. The Balaban J connectivity index is 1.24. The summed E-state index contributed by atoms with van der Waals surface area (Å²) in [5, 5.41) is 14.6. The van der Waals surface area contributed by atoms with Crippen LogP contribution in [0.15, 0.2) is 158 Å². The summed E-state index contributed by atoms with van der Waals surface area (Å²) < 4.78 is 4.58. The molecule has 0 aliphatic rings. The van der Waals surface area contributed by atoms with Crippen molar-refractivity contribution in [2.75, 3.05) is 0 Å². The molecule has 4 heteroatoms. The SMILES string of the molecule is [C-]#[N+]c1ccc2c3ccccc3n(-c3ccc(-c4cc(C#N)ccc4-c4ccccc4-n4c5ccccc5c5ccccc54)cc3)c2c1. The fourth-order valence-electron chi connectivity index (χ4n) is 7.26. The van der Waals surface area contributed by atoms with Crippen molar-refractivity contribution in [1.29, 1.82) is 5.26 Å². The Bertz CT molecular complexity index is 2750. The molecule has 7 aromatic carbocycles. The quantitative estimate of drug-likeness (QED) is 0.183. The summed E-state index contributed by atoms with van der Waals surface area (Å²) >= 11 is 0. The van der Waals surface area contributed by atoms with Crippen molar-refractivity contribution in [3.63, 3.8) is 0 Å². The predicted octanol–water partition coefficient (Wildman–Crippen LogP) is 11.6. The van der Waals surface area contributed by atoms with Gasteiger partial charge in [-0.05, 0) is 71.3 Å². The van der Waals surface area contributed by atoms with Crippen LogP contribution in [0, 0.1) is 17.9 Å². The molecular weight excluding hydrogens is 585 g/mol. The molecule has 2 heterocycles. The van der Waals surface area contributed by atoms with Crippen molar-refractivity contribution in [3.8, 4) is 39.7 Å². The van der Waals surface area contributed by atoms with Gasteiger partial charge in [-0.1, -0.05) is 103 Å². The molecule has 2 aromatic heterocycles. The van der Waals surface area contributed by atoms with Crippen LogP contribution in [0.5, 0.6) is 0 Å². The molecule has 0 saturated heterocycles. The number of hydrogen-bond acceptors (Lipinski definition) is 1. The van der Waals surface area contributed by atoms with Gasteiger partial charge in [0.05, 0.1) is 40.4 Å². The lowest BCUT2D eigenvalue weighted by Gasteiger charge is -2.17. The molecule has 0 atom stereocenters. The van der Waals surface area contributed by atoms with Gasteiger partial charge in [0.1, 0.15) is 0 Å². The molecular formula is C44H26N4. The number of para-hydroxylation sites is 4. The van der Waals surface area contributed by atoms with Crippen LogP contribution in [0.2, 0.25) is 0 Å². The summed E-state index contributed by atoms with van der Waals surface area (Å²) in [6.07, 6.45) is 0. The molecule has 222 valence electrons. The first-order chi connectivity index (χ1) is 23.7. The lowest BCUT2D eigenvalue weighted by molar-refractivity contribution is 1.18. The van der Waals surface area contributed by atoms with Gasteiger partial charge in [-0.25, -0.2) is 4.85 Å². The average molecular weight is 611 g/mol. The van der Waals surface area contributed by atoms with Crippen molar-refractivity contribution in [3.05, 3.63) is 175 Å². The number of benzene rings is 7. The van der Waals surface area contributed by atoms with Gasteiger partial charge in [0.15, 0.2) is 5.69 Å².